The van der Waals surface area contributed by atoms with Gasteiger partial charge in [0.15, 0.2) is 0 Å². The Kier molecular flexibility index (Phi) is 5.42. The Morgan fingerprint density at radius 3 is 2.45 bits per heavy atom. The van der Waals surface area contributed by atoms with Crippen molar-refractivity contribution in [3.05, 3.63) is 81.4 Å². The first-order valence-corrected chi connectivity index (χ1v) is 10.3. The minimum Gasteiger partial charge on any atom is -0.324 e. The van der Waals surface area contributed by atoms with Gasteiger partial charge >= 0.3 is 0 Å². The maximum atomic E-state index is 13.2. The number of anilines is 1. The molecule has 0 atom stereocenters. The zero-order chi connectivity index (χ0) is 22.1. The van der Waals surface area contributed by atoms with Gasteiger partial charge in [0.05, 0.1) is 17.6 Å². The Labute approximate surface area is 180 Å². The lowest BCUT2D eigenvalue weighted by atomic mass is 10.1. The average Bonchev–Trinajstić information content (AvgIpc) is 3.20. The molecule has 0 fully saturated rings. The number of carbonyl (C=O) groups is 1. The molecule has 0 aliphatic heterocycles. The van der Waals surface area contributed by atoms with Crippen LogP contribution in [0.15, 0.2) is 53.5 Å². The van der Waals surface area contributed by atoms with Crippen LogP contribution in [0.3, 0.4) is 0 Å². The predicted molar refractivity (Wildman–Crippen MR) is 122 cm³/mol. The highest BCUT2D eigenvalue weighted by Gasteiger charge is 2.17. The molecule has 0 unspecified atom stereocenters. The summed E-state index contributed by atoms with van der Waals surface area (Å²) in [7, 11) is 0. The van der Waals surface area contributed by atoms with E-state index in [1.807, 2.05) is 63.2 Å². The molecule has 31 heavy (non-hydrogen) atoms. The molecule has 2 heterocycles. The second-order valence-electron chi connectivity index (χ2n) is 7.73. The van der Waals surface area contributed by atoms with Crippen molar-refractivity contribution < 1.29 is 4.79 Å². The highest BCUT2D eigenvalue weighted by Crippen LogP contribution is 2.19. The number of nitrogens with one attached hydrogen (secondary N) is 1. The number of carbonyl (C=O) groups excluding carboxylic acids is 1. The fourth-order valence-corrected chi connectivity index (χ4v) is 3.54. The number of amides is 1. The van der Waals surface area contributed by atoms with E-state index in [1.54, 1.807) is 10.9 Å². The van der Waals surface area contributed by atoms with Crippen molar-refractivity contribution in [3.8, 4) is 5.69 Å². The van der Waals surface area contributed by atoms with Crippen LogP contribution in [0.25, 0.3) is 16.6 Å². The number of hydrogen-bond acceptors (Lipinski definition) is 4. The molecule has 7 heteroatoms. The molecule has 0 spiro atoms. The van der Waals surface area contributed by atoms with Crippen molar-refractivity contribution in [2.45, 2.75) is 40.7 Å². The van der Waals surface area contributed by atoms with E-state index in [2.05, 4.69) is 22.4 Å². The molecule has 0 saturated carbocycles. The molecule has 2 aromatic carbocycles. The first-order valence-electron chi connectivity index (χ1n) is 10.3. The summed E-state index contributed by atoms with van der Waals surface area (Å²) in [5.41, 5.74) is 5.66. The standard InChI is InChI=1S/C24H25N5O2/c1-5-18-7-9-19(10-8-18)26-22(30)14-28-24(31)23-21(17(4)27-28)13-25-29(23)20-11-6-15(2)16(3)12-20/h6-13H,5,14H2,1-4H3,(H,26,30). The third-order valence-corrected chi connectivity index (χ3v) is 5.54. The van der Waals surface area contributed by atoms with Crippen molar-refractivity contribution in [2.24, 2.45) is 0 Å². The van der Waals surface area contributed by atoms with Crippen LogP contribution in [-0.4, -0.2) is 25.5 Å². The van der Waals surface area contributed by atoms with E-state index in [0.29, 0.717) is 22.3 Å². The fraction of sp³-hybridized carbons (Fsp3) is 0.250. The predicted octanol–water partition coefficient (Wildman–Crippen LogP) is 3.71. The zero-order valence-electron chi connectivity index (χ0n) is 18.1. The summed E-state index contributed by atoms with van der Waals surface area (Å²) in [5.74, 6) is -0.310. The van der Waals surface area contributed by atoms with Gasteiger partial charge in [0.1, 0.15) is 12.1 Å². The molecule has 7 nitrogen and oxygen atoms in total. The highest BCUT2D eigenvalue weighted by atomic mass is 16.2. The second-order valence-corrected chi connectivity index (χ2v) is 7.73. The summed E-state index contributed by atoms with van der Waals surface area (Å²) in [6, 6.07) is 13.6. The molecule has 0 aliphatic carbocycles. The molecule has 158 valence electrons. The summed E-state index contributed by atoms with van der Waals surface area (Å²) in [4.78, 5) is 25.8. The van der Waals surface area contributed by atoms with Gasteiger partial charge < -0.3 is 5.32 Å². The van der Waals surface area contributed by atoms with Crippen LogP contribution < -0.4 is 10.9 Å². The molecule has 0 bridgehead atoms. The van der Waals surface area contributed by atoms with E-state index in [9.17, 15) is 9.59 Å². The van der Waals surface area contributed by atoms with Crippen molar-refractivity contribution in [2.75, 3.05) is 5.32 Å². The first-order chi connectivity index (χ1) is 14.9. The molecule has 0 saturated heterocycles. The average molecular weight is 415 g/mol. The number of fused-ring (bicyclic) bond motifs is 1. The number of aryl methyl sites for hydroxylation is 4. The maximum absolute atomic E-state index is 13.2. The monoisotopic (exact) mass is 415 g/mol. The highest BCUT2D eigenvalue weighted by molar-refractivity contribution is 5.90. The second kappa shape index (κ2) is 8.18. The van der Waals surface area contributed by atoms with Crippen LogP contribution in [0.2, 0.25) is 0 Å². The number of benzene rings is 2. The van der Waals surface area contributed by atoms with Crippen LogP contribution in [0.5, 0.6) is 0 Å². The van der Waals surface area contributed by atoms with Gasteiger partial charge in [-0.1, -0.05) is 25.1 Å². The number of rotatable bonds is 5. The van der Waals surface area contributed by atoms with Crippen molar-refractivity contribution >= 4 is 22.5 Å². The lowest BCUT2D eigenvalue weighted by Crippen LogP contribution is -2.31. The van der Waals surface area contributed by atoms with Gasteiger partial charge in [-0.2, -0.15) is 10.2 Å². The molecule has 0 radical (unpaired) electrons. The Hall–Kier alpha value is -3.74. The van der Waals surface area contributed by atoms with Gasteiger partial charge in [-0.15, -0.1) is 0 Å². The quantitative estimate of drug-likeness (QED) is 0.539. The molecule has 1 N–H and O–H groups in total. The molecular weight excluding hydrogens is 390 g/mol. The van der Waals surface area contributed by atoms with Crippen molar-refractivity contribution in [1.29, 1.82) is 0 Å². The Balaban J connectivity index is 1.68. The van der Waals surface area contributed by atoms with E-state index < -0.39 is 0 Å². The normalized spacial score (nSPS) is 11.1. The SMILES string of the molecule is CCc1ccc(NC(=O)Cn2nc(C)c3cnn(-c4ccc(C)c(C)c4)c3c2=O)cc1. The number of hydrogen-bond donors (Lipinski definition) is 1. The van der Waals surface area contributed by atoms with Gasteiger partial charge in [0.25, 0.3) is 5.56 Å². The van der Waals surface area contributed by atoms with Crippen LogP contribution in [0.1, 0.15) is 29.3 Å². The summed E-state index contributed by atoms with van der Waals surface area (Å²) in [6.07, 6.45) is 2.58. The fourth-order valence-electron chi connectivity index (χ4n) is 3.54. The van der Waals surface area contributed by atoms with Crippen LogP contribution in [-0.2, 0) is 17.8 Å². The van der Waals surface area contributed by atoms with Crippen LogP contribution in [0, 0.1) is 20.8 Å². The summed E-state index contributed by atoms with van der Waals surface area (Å²) < 4.78 is 2.82. The minimum atomic E-state index is -0.354. The summed E-state index contributed by atoms with van der Waals surface area (Å²) in [5, 5.41) is 12.3. The Morgan fingerprint density at radius 1 is 1.03 bits per heavy atom. The summed E-state index contributed by atoms with van der Waals surface area (Å²) in [6.45, 7) is 7.77. The molecule has 0 aliphatic rings. The van der Waals surface area contributed by atoms with Gasteiger partial charge in [0.2, 0.25) is 5.91 Å². The lowest BCUT2D eigenvalue weighted by Gasteiger charge is -2.10. The van der Waals surface area contributed by atoms with Crippen LogP contribution >= 0.6 is 0 Å². The third kappa shape index (κ3) is 3.99. The number of aromatic nitrogens is 4. The number of nitrogens with zero attached hydrogens (tertiary/aromatic N) is 4. The van der Waals surface area contributed by atoms with Gasteiger partial charge in [-0.25, -0.2) is 9.36 Å². The van der Waals surface area contributed by atoms with Gasteiger partial charge in [0, 0.05) is 11.1 Å². The van der Waals surface area contributed by atoms with Crippen molar-refractivity contribution in [3.63, 3.8) is 0 Å². The van der Waals surface area contributed by atoms with Gasteiger partial charge in [-0.05, 0) is 68.1 Å². The Bertz CT molecular complexity index is 1330. The lowest BCUT2D eigenvalue weighted by molar-refractivity contribution is -0.117. The largest absolute Gasteiger partial charge is 0.324 e. The van der Waals surface area contributed by atoms with E-state index >= 15 is 0 Å². The molecular formula is C24H25N5O2. The molecule has 4 aromatic rings. The van der Waals surface area contributed by atoms with E-state index in [4.69, 9.17) is 0 Å². The van der Waals surface area contributed by atoms with E-state index in [0.717, 1.165) is 17.7 Å². The molecule has 2 aromatic heterocycles. The Morgan fingerprint density at radius 2 is 1.77 bits per heavy atom. The molecule has 1 amide bonds. The van der Waals surface area contributed by atoms with E-state index in [-0.39, 0.29) is 18.0 Å². The minimum absolute atomic E-state index is 0.177. The van der Waals surface area contributed by atoms with E-state index in [1.165, 1.54) is 15.8 Å². The smallest absolute Gasteiger partial charge is 0.293 e. The van der Waals surface area contributed by atoms with Crippen LogP contribution in [0.4, 0.5) is 5.69 Å². The van der Waals surface area contributed by atoms with Crippen molar-refractivity contribution in [1.82, 2.24) is 19.6 Å². The maximum Gasteiger partial charge on any atom is 0.293 e. The van der Waals surface area contributed by atoms with Gasteiger partial charge in [-0.3, -0.25) is 9.59 Å². The molecule has 4 rings (SSSR count). The zero-order valence-corrected chi connectivity index (χ0v) is 18.1. The topological polar surface area (TPSA) is 81.8 Å². The summed E-state index contributed by atoms with van der Waals surface area (Å²) >= 11 is 0. The first kappa shape index (κ1) is 20.5. The third-order valence-electron chi connectivity index (χ3n) is 5.54.